The summed E-state index contributed by atoms with van der Waals surface area (Å²) in [6.07, 6.45) is 2.47. The van der Waals surface area contributed by atoms with E-state index in [1.807, 2.05) is 60.7 Å². The van der Waals surface area contributed by atoms with E-state index in [0.717, 1.165) is 41.6 Å². The Hall–Kier alpha value is -3.71. The molecule has 1 atom stereocenters. The van der Waals surface area contributed by atoms with Gasteiger partial charge < -0.3 is 20.5 Å². The Balaban J connectivity index is 1.62. The van der Waals surface area contributed by atoms with Crippen molar-refractivity contribution in [2.75, 3.05) is 12.4 Å². The molecule has 0 unspecified atom stereocenters. The third kappa shape index (κ3) is 5.10. The van der Waals surface area contributed by atoms with Gasteiger partial charge in [-0.15, -0.1) is 0 Å². The largest absolute Gasteiger partial charge is 0.344 e. The molecule has 3 aromatic rings. The Morgan fingerprint density at radius 1 is 0.971 bits per heavy atom. The summed E-state index contributed by atoms with van der Waals surface area (Å²) in [4.78, 5) is 38.9. The third-order valence-electron chi connectivity index (χ3n) is 6.31. The zero-order valence-corrected chi connectivity index (χ0v) is 19.5. The van der Waals surface area contributed by atoms with Gasteiger partial charge >= 0.3 is 0 Å². The highest BCUT2D eigenvalue weighted by Gasteiger charge is 2.24. The summed E-state index contributed by atoms with van der Waals surface area (Å²) in [5.41, 5.74) is 3.65. The zero-order valence-electron chi connectivity index (χ0n) is 19.5. The molecule has 1 aromatic heterocycles. The van der Waals surface area contributed by atoms with Gasteiger partial charge in [-0.1, -0.05) is 60.7 Å². The van der Waals surface area contributed by atoms with Gasteiger partial charge in [-0.3, -0.25) is 14.4 Å². The number of nitrogens with one attached hydrogen (secondary N) is 3. The minimum Gasteiger partial charge on any atom is -0.344 e. The van der Waals surface area contributed by atoms with Crippen LogP contribution < -0.4 is 21.5 Å². The number of nitrogens with zero attached hydrogens (tertiary/aromatic N) is 1. The predicted molar refractivity (Wildman–Crippen MR) is 133 cm³/mol. The molecule has 2 amide bonds. The minimum absolute atomic E-state index is 0.109. The number of hydrogen-bond acceptors (Lipinski definition) is 4. The number of likely N-dealkylation sites (N-methyl/N-ethyl adjacent to an activating group) is 1. The van der Waals surface area contributed by atoms with Crippen LogP contribution in [-0.2, 0) is 29.0 Å². The summed E-state index contributed by atoms with van der Waals surface area (Å²) in [6, 6.07) is 20.5. The van der Waals surface area contributed by atoms with E-state index in [2.05, 4.69) is 16.0 Å². The quantitative estimate of drug-likeness (QED) is 0.484. The molecule has 0 bridgehead atoms. The molecule has 0 saturated heterocycles. The van der Waals surface area contributed by atoms with Gasteiger partial charge in [-0.05, 0) is 56.0 Å². The van der Waals surface area contributed by atoms with Crippen LogP contribution in [0.25, 0.3) is 0 Å². The molecule has 0 aliphatic heterocycles. The van der Waals surface area contributed by atoms with Crippen molar-refractivity contribution in [2.45, 2.75) is 44.8 Å². The first-order valence-electron chi connectivity index (χ1n) is 11.6. The van der Waals surface area contributed by atoms with Gasteiger partial charge in [-0.25, -0.2) is 0 Å². The first-order chi connectivity index (χ1) is 16.5. The lowest BCUT2D eigenvalue weighted by Crippen LogP contribution is -2.39. The smallest absolute Gasteiger partial charge is 0.275 e. The fraction of sp³-hybridized carbons (Fsp3) is 0.296. The normalized spacial score (nSPS) is 13.4. The highest BCUT2D eigenvalue weighted by Crippen LogP contribution is 2.24. The van der Waals surface area contributed by atoms with Gasteiger partial charge in [0, 0.05) is 5.69 Å². The van der Waals surface area contributed by atoms with Gasteiger partial charge in [0.15, 0.2) is 0 Å². The highest BCUT2D eigenvalue weighted by molar-refractivity contribution is 5.94. The lowest BCUT2D eigenvalue weighted by atomic mass is 9.99. The van der Waals surface area contributed by atoms with E-state index >= 15 is 0 Å². The molecule has 1 aliphatic rings. The molecule has 4 rings (SSSR count). The topological polar surface area (TPSA) is 92.2 Å². The lowest BCUT2D eigenvalue weighted by molar-refractivity contribution is -0.122. The molecular formula is C27H30N4O3. The first kappa shape index (κ1) is 23.4. The number of amides is 2. The summed E-state index contributed by atoms with van der Waals surface area (Å²) < 4.78 is 1.52. The molecule has 34 heavy (non-hydrogen) atoms. The Morgan fingerprint density at radius 2 is 1.59 bits per heavy atom. The summed E-state index contributed by atoms with van der Waals surface area (Å²) in [7, 11) is 1.69. The molecule has 0 saturated carbocycles. The van der Waals surface area contributed by atoms with E-state index < -0.39 is 6.04 Å². The van der Waals surface area contributed by atoms with Gasteiger partial charge in [0.25, 0.3) is 5.56 Å². The standard InChI is InChI=1S/C27H30N4O3/c1-18(28-2)26(33)29-22-16-21-14-9-15-23(21)31(27(22)34)17-24(32)30-25(19-10-5-3-6-11-19)20-12-7-4-8-13-20/h3-8,10-13,16,18,25,28H,9,14-15,17H2,1-2H3,(H,29,33)(H,30,32)/t18-/m0/s1. The van der Waals surface area contributed by atoms with E-state index in [9.17, 15) is 14.4 Å². The predicted octanol–water partition coefficient (Wildman–Crippen LogP) is 2.79. The number of hydrogen-bond donors (Lipinski definition) is 3. The van der Waals surface area contributed by atoms with Crippen molar-refractivity contribution in [3.8, 4) is 0 Å². The second-order valence-corrected chi connectivity index (χ2v) is 8.60. The van der Waals surface area contributed by atoms with Crippen LogP contribution in [0.2, 0.25) is 0 Å². The number of pyridine rings is 1. The Bertz CT molecular complexity index is 1180. The number of carbonyl (C=O) groups excluding carboxylic acids is 2. The van der Waals surface area contributed by atoms with Crippen LogP contribution in [-0.4, -0.2) is 29.5 Å². The van der Waals surface area contributed by atoms with E-state index in [-0.39, 0.29) is 35.6 Å². The van der Waals surface area contributed by atoms with Gasteiger partial charge in [-0.2, -0.15) is 0 Å². The van der Waals surface area contributed by atoms with Crippen LogP contribution in [0.15, 0.2) is 71.5 Å². The number of rotatable bonds is 8. The third-order valence-corrected chi connectivity index (χ3v) is 6.31. The van der Waals surface area contributed by atoms with Crippen molar-refractivity contribution in [3.05, 3.63) is 99.5 Å². The fourth-order valence-electron chi connectivity index (χ4n) is 4.35. The van der Waals surface area contributed by atoms with Gasteiger partial charge in [0.05, 0.1) is 12.1 Å². The van der Waals surface area contributed by atoms with Crippen LogP contribution in [0.3, 0.4) is 0 Å². The highest BCUT2D eigenvalue weighted by atomic mass is 16.2. The Labute approximate surface area is 199 Å². The summed E-state index contributed by atoms with van der Waals surface area (Å²) in [5.74, 6) is -0.553. The van der Waals surface area contributed by atoms with Crippen molar-refractivity contribution in [3.63, 3.8) is 0 Å². The number of benzene rings is 2. The summed E-state index contributed by atoms with van der Waals surface area (Å²) >= 11 is 0. The van der Waals surface area contributed by atoms with Crippen molar-refractivity contribution < 1.29 is 9.59 Å². The molecule has 7 nitrogen and oxygen atoms in total. The van der Waals surface area contributed by atoms with E-state index in [0.29, 0.717) is 0 Å². The molecule has 0 radical (unpaired) electrons. The molecule has 1 heterocycles. The molecule has 176 valence electrons. The van der Waals surface area contributed by atoms with Crippen LogP contribution in [0.5, 0.6) is 0 Å². The molecular weight excluding hydrogens is 428 g/mol. The number of anilines is 1. The molecule has 1 aliphatic carbocycles. The molecule has 3 N–H and O–H groups in total. The number of aromatic nitrogens is 1. The minimum atomic E-state index is -0.443. The maximum atomic E-state index is 13.3. The van der Waals surface area contributed by atoms with E-state index in [1.54, 1.807) is 20.0 Å². The molecule has 0 spiro atoms. The summed E-state index contributed by atoms with van der Waals surface area (Å²) in [5, 5.41) is 8.71. The van der Waals surface area contributed by atoms with Crippen LogP contribution in [0.4, 0.5) is 5.69 Å². The first-order valence-corrected chi connectivity index (χ1v) is 11.6. The maximum absolute atomic E-state index is 13.3. The summed E-state index contributed by atoms with van der Waals surface area (Å²) in [6.45, 7) is 1.62. The second-order valence-electron chi connectivity index (χ2n) is 8.60. The van der Waals surface area contributed by atoms with Gasteiger partial charge in [0.1, 0.15) is 12.2 Å². The zero-order chi connectivity index (χ0) is 24.1. The molecule has 0 fully saturated rings. The second kappa shape index (κ2) is 10.5. The Morgan fingerprint density at radius 3 is 2.18 bits per heavy atom. The van der Waals surface area contributed by atoms with Crippen LogP contribution in [0.1, 0.15) is 41.8 Å². The number of fused-ring (bicyclic) bond motifs is 1. The monoisotopic (exact) mass is 458 g/mol. The number of carbonyl (C=O) groups is 2. The Kier molecular flexibility index (Phi) is 7.23. The molecule has 7 heteroatoms. The molecule has 2 aromatic carbocycles. The van der Waals surface area contributed by atoms with Crippen LogP contribution in [0, 0.1) is 0 Å². The van der Waals surface area contributed by atoms with Gasteiger partial charge in [0.2, 0.25) is 11.8 Å². The maximum Gasteiger partial charge on any atom is 0.275 e. The number of aryl methyl sites for hydroxylation is 1. The average Bonchev–Trinajstić information content (AvgIpc) is 3.33. The SMILES string of the molecule is CN[C@@H](C)C(=O)Nc1cc2c(n(CC(=O)NC(c3ccccc3)c3ccccc3)c1=O)CCC2. The van der Waals surface area contributed by atoms with Crippen LogP contribution >= 0.6 is 0 Å². The van der Waals surface area contributed by atoms with Crippen molar-refractivity contribution in [1.82, 2.24) is 15.2 Å². The average molecular weight is 459 g/mol. The lowest BCUT2D eigenvalue weighted by Gasteiger charge is -2.21. The van der Waals surface area contributed by atoms with Crippen molar-refractivity contribution in [1.29, 1.82) is 0 Å². The van der Waals surface area contributed by atoms with Crippen molar-refractivity contribution in [2.24, 2.45) is 0 Å². The fourth-order valence-corrected chi connectivity index (χ4v) is 4.35. The van der Waals surface area contributed by atoms with Crippen molar-refractivity contribution >= 4 is 17.5 Å². The van der Waals surface area contributed by atoms with E-state index in [4.69, 9.17) is 0 Å². The van der Waals surface area contributed by atoms with E-state index in [1.165, 1.54) is 4.57 Å².